The van der Waals surface area contributed by atoms with Crippen molar-refractivity contribution in [3.05, 3.63) is 35.2 Å². The average molecular weight is 468 g/mol. The Kier molecular flexibility index (Phi) is 5.24. The molecule has 4 aromatic rings. The number of benzene rings is 1. The Balaban J connectivity index is 1.55. The topological polar surface area (TPSA) is 105 Å². The third-order valence-electron chi connectivity index (χ3n) is 6.16. The lowest BCUT2D eigenvalue weighted by atomic mass is 10.1. The van der Waals surface area contributed by atoms with Crippen LogP contribution in [0.15, 0.2) is 29.6 Å². The summed E-state index contributed by atoms with van der Waals surface area (Å²) in [6.07, 6.45) is -0.642. The first-order valence-electron chi connectivity index (χ1n) is 10.8. The maximum absolute atomic E-state index is 13.2. The number of rotatable bonds is 5. The summed E-state index contributed by atoms with van der Waals surface area (Å²) in [6.45, 7) is 3.75. The fourth-order valence-electron chi connectivity index (χ4n) is 4.65. The molecule has 33 heavy (non-hydrogen) atoms. The molecule has 0 aliphatic carbocycles. The summed E-state index contributed by atoms with van der Waals surface area (Å²) >= 11 is 1.71. The quantitative estimate of drug-likeness (QED) is 0.483. The average Bonchev–Trinajstić information content (AvgIpc) is 3.55. The summed E-state index contributed by atoms with van der Waals surface area (Å²) in [5.41, 5.74) is 8.14. The number of carbonyl (C=O) groups is 2. The van der Waals surface area contributed by atoms with E-state index in [0.717, 1.165) is 23.6 Å². The van der Waals surface area contributed by atoms with Crippen LogP contribution in [0.1, 0.15) is 23.7 Å². The van der Waals surface area contributed by atoms with Crippen molar-refractivity contribution in [2.24, 2.45) is 12.8 Å². The van der Waals surface area contributed by atoms with Gasteiger partial charge in [-0.3, -0.25) is 4.79 Å². The largest absolute Gasteiger partial charge is 0.494 e. The van der Waals surface area contributed by atoms with Gasteiger partial charge in [-0.2, -0.15) is 0 Å². The highest BCUT2D eigenvalue weighted by atomic mass is 32.1. The molecule has 1 aliphatic heterocycles. The highest BCUT2D eigenvalue weighted by Crippen LogP contribution is 2.35. The third kappa shape index (κ3) is 3.50. The molecule has 0 saturated carbocycles. The lowest BCUT2D eigenvalue weighted by Crippen LogP contribution is -2.31. The van der Waals surface area contributed by atoms with Crippen LogP contribution in [0.25, 0.3) is 32.8 Å². The van der Waals surface area contributed by atoms with Crippen LogP contribution < -0.4 is 10.5 Å². The summed E-state index contributed by atoms with van der Waals surface area (Å²) in [5.74, 6) is 1.24. The zero-order valence-corrected chi connectivity index (χ0v) is 19.5. The number of hydrogen-bond donors (Lipinski definition) is 1. The zero-order chi connectivity index (χ0) is 23.3. The van der Waals surface area contributed by atoms with Crippen molar-refractivity contribution in [2.75, 3.05) is 20.2 Å². The molecule has 2 amide bonds. The monoisotopic (exact) mass is 467 g/mol. The zero-order valence-electron chi connectivity index (χ0n) is 18.7. The number of imidazole rings is 1. The first-order valence-corrected chi connectivity index (χ1v) is 11.7. The Morgan fingerprint density at radius 2 is 2.12 bits per heavy atom. The molecule has 3 aromatic heterocycles. The van der Waals surface area contributed by atoms with Gasteiger partial charge in [0.05, 0.1) is 24.9 Å². The molecule has 1 fully saturated rings. The Morgan fingerprint density at radius 1 is 1.30 bits per heavy atom. The Morgan fingerprint density at radius 3 is 2.85 bits per heavy atom. The molecule has 1 saturated heterocycles. The summed E-state index contributed by atoms with van der Waals surface area (Å²) in [5, 5.41) is 3.28. The summed E-state index contributed by atoms with van der Waals surface area (Å²) < 4.78 is 15.0. The lowest BCUT2D eigenvalue weighted by Gasteiger charge is -2.17. The van der Waals surface area contributed by atoms with Gasteiger partial charge in [-0.1, -0.05) is 0 Å². The molecule has 0 spiro atoms. The van der Waals surface area contributed by atoms with Crippen molar-refractivity contribution in [3.8, 4) is 17.3 Å². The number of primary amides is 1. The highest BCUT2D eigenvalue weighted by molar-refractivity contribution is 7.16. The molecule has 172 valence electrons. The first kappa shape index (κ1) is 21.3. The first-order chi connectivity index (χ1) is 15.9. The number of methoxy groups -OCH3 is 1. The fourth-order valence-corrected chi connectivity index (χ4v) is 5.61. The Bertz CT molecular complexity index is 1380. The van der Waals surface area contributed by atoms with Gasteiger partial charge in [0, 0.05) is 37.5 Å². The van der Waals surface area contributed by atoms with Crippen molar-refractivity contribution >= 4 is 44.6 Å². The highest BCUT2D eigenvalue weighted by Gasteiger charge is 2.30. The van der Waals surface area contributed by atoms with Crippen LogP contribution in [-0.4, -0.2) is 57.3 Å². The third-order valence-corrected chi connectivity index (χ3v) is 7.12. The van der Waals surface area contributed by atoms with E-state index in [9.17, 15) is 9.59 Å². The lowest BCUT2D eigenvalue weighted by molar-refractivity contribution is 0.0739. The van der Waals surface area contributed by atoms with Crippen LogP contribution in [0.5, 0.6) is 5.75 Å². The second kappa shape index (κ2) is 8.11. The van der Waals surface area contributed by atoms with Crippen molar-refractivity contribution in [3.63, 3.8) is 0 Å². The van der Waals surface area contributed by atoms with Crippen LogP contribution in [0, 0.1) is 0 Å². The predicted molar refractivity (Wildman–Crippen MR) is 127 cm³/mol. The van der Waals surface area contributed by atoms with Gasteiger partial charge < -0.3 is 29.2 Å². The van der Waals surface area contributed by atoms with E-state index in [1.54, 1.807) is 35.5 Å². The van der Waals surface area contributed by atoms with Gasteiger partial charge >= 0.3 is 6.09 Å². The molecule has 0 bridgehead atoms. The molecule has 5 rings (SSSR count). The van der Waals surface area contributed by atoms with Crippen LogP contribution in [0.4, 0.5) is 4.79 Å². The van der Waals surface area contributed by atoms with E-state index < -0.39 is 6.09 Å². The number of thiophene rings is 1. The van der Waals surface area contributed by atoms with E-state index in [4.69, 9.17) is 20.2 Å². The second-order valence-electron chi connectivity index (χ2n) is 8.09. The standard InChI is InChI=1S/C23H25N5O4S/c1-4-28-17(10-13-6-8-33-22(13)28)20-25-16-9-14(11-18(31-3)19(16)26(20)2)21(29)27-7-5-15(12-27)32-23(24)30/h6,8-11,15H,4-5,7,12H2,1-3H3,(H2,24,30). The Labute approximate surface area is 194 Å². The molecule has 2 N–H and O–H groups in total. The van der Waals surface area contributed by atoms with E-state index >= 15 is 0 Å². The van der Waals surface area contributed by atoms with E-state index in [-0.39, 0.29) is 12.0 Å². The van der Waals surface area contributed by atoms with E-state index in [2.05, 4.69) is 29.0 Å². The van der Waals surface area contributed by atoms with Gasteiger partial charge in [0.1, 0.15) is 22.2 Å². The van der Waals surface area contributed by atoms with E-state index in [0.29, 0.717) is 36.3 Å². The Hall–Kier alpha value is -3.53. The molecule has 1 aliphatic rings. The minimum atomic E-state index is -0.824. The van der Waals surface area contributed by atoms with Gasteiger partial charge in [-0.25, -0.2) is 9.78 Å². The minimum absolute atomic E-state index is 0.157. The van der Waals surface area contributed by atoms with Crippen molar-refractivity contribution in [2.45, 2.75) is 26.0 Å². The van der Waals surface area contributed by atoms with Gasteiger partial charge in [0.25, 0.3) is 5.91 Å². The molecular weight excluding hydrogens is 442 g/mol. The maximum Gasteiger partial charge on any atom is 0.404 e. The van der Waals surface area contributed by atoms with E-state index in [1.165, 1.54) is 10.2 Å². The maximum atomic E-state index is 13.2. The molecule has 1 unspecified atom stereocenters. The molecule has 1 atom stereocenters. The van der Waals surface area contributed by atoms with Crippen LogP contribution >= 0.6 is 11.3 Å². The number of aryl methyl sites for hydroxylation is 2. The number of carbonyl (C=O) groups excluding carboxylic acids is 2. The predicted octanol–water partition coefficient (Wildman–Crippen LogP) is 3.59. The fraction of sp³-hybridized carbons (Fsp3) is 0.348. The number of nitrogens with zero attached hydrogens (tertiary/aromatic N) is 4. The molecule has 9 nitrogen and oxygen atoms in total. The molecular formula is C23H25N5O4S. The number of ether oxygens (including phenoxy) is 2. The van der Waals surface area contributed by atoms with Crippen LogP contribution in [-0.2, 0) is 18.3 Å². The minimum Gasteiger partial charge on any atom is -0.494 e. The van der Waals surface area contributed by atoms with Crippen molar-refractivity contribution < 1.29 is 19.1 Å². The number of hydrogen-bond acceptors (Lipinski definition) is 6. The number of aromatic nitrogens is 3. The van der Waals surface area contributed by atoms with Gasteiger partial charge in [0.15, 0.2) is 5.82 Å². The van der Waals surface area contributed by atoms with Gasteiger partial charge in [-0.05, 0) is 36.6 Å². The normalized spacial score (nSPS) is 16.1. The number of fused-ring (bicyclic) bond motifs is 2. The van der Waals surface area contributed by atoms with Crippen molar-refractivity contribution in [1.82, 2.24) is 19.0 Å². The summed E-state index contributed by atoms with van der Waals surface area (Å²) in [4.78, 5) is 32.0. The van der Waals surface area contributed by atoms with Crippen LogP contribution in [0.2, 0.25) is 0 Å². The van der Waals surface area contributed by atoms with E-state index in [1.807, 2.05) is 11.6 Å². The summed E-state index contributed by atoms with van der Waals surface area (Å²) in [6, 6.07) is 7.81. The summed E-state index contributed by atoms with van der Waals surface area (Å²) in [7, 11) is 3.55. The van der Waals surface area contributed by atoms with Gasteiger partial charge in [-0.15, -0.1) is 11.3 Å². The SMILES string of the molecule is CCn1c(-c2nc3cc(C(=O)N4CCC(OC(N)=O)C4)cc(OC)c3n2C)cc2ccsc21. The van der Waals surface area contributed by atoms with Crippen molar-refractivity contribution in [1.29, 1.82) is 0 Å². The molecule has 10 heteroatoms. The number of likely N-dealkylation sites (tertiary alicyclic amines) is 1. The van der Waals surface area contributed by atoms with Crippen LogP contribution in [0.3, 0.4) is 0 Å². The molecule has 0 radical (unpaired) electrons. The smallest absolute Gasteiger partial charge is 0.404 e. The number of amides is 2. The molecule has 1 aromatic carbocycles. The molecule has 4 heterocycles. The van der Waals surface area contributed by atoms with Gasteiger partial charge in [0.2, 0.25) is 0 Å². The number of nitrogens with two attached hydrogens (primary N) is 1. The second-order valence-corrected chi connectivity index (χ2v) is 8.99.